The van der Waals surface area contributed by atoms with E-state index in [1.807, 2.05) is 19.1 Å². The van der Waals surface area contributed by atoms with Crippen LogP contribution in [0, 0.1) is 12.8 Å². The van der Waals surface area contributed by atoms with Gasteiger partial charge < -0.3 is 15.4 Å². The van der Waals surface area contributed by atoms with Crippen LogP contribution in [-0.4, -0.2) is 40.5 Å². The van der Waals surface area contributed by atoms with Gasteiger partial charge in [0.15, 0.2) is 0 Å². The van der Waals surface area contributed by atoms with Crippen molar-refractivity contribution in [1.29, 1.82) is 0 Å². The molecule has 33 heavy (non-hydrogen) atoms. The number of anilines is 1. The molecular formula is C25H28F2N4O2. The van der Waals surface area contributed by atoms with Crippen molar-refractivity contribution in [2.75, 3.05) is 19.5 Å². The molecule has 1 atom stereocenters. The van der Waals surface area contributed by atoms with Gasteiger partial charge in [0.25, 0.3) is 11.8 Å². The Morgan fingerprint density at radius 3 is 2.64 bits per heavy atom. The molecule has 0 radical (unpaired) electrons. The van der Waals surface area contributed by atoms with Crippen LogP contribution in [0.3, 0.4) is 0 Å². The van der Waals surface area contributed by atoms with Crippen LogP contribution in [0.4, 0.5) is 14.6 Å². The molecule has 8 heteroatoms. The molecule has 1 amide bonds. The number of alkyl halides is 2. The maximum atomic E-state index is 13.7. The number of hydrogen-bond acceptors (Lipinski definition) is 5. The highest BCUT2D eigenvalue weighted by molar-refractivity contribution is 5.98. The number of amides is 1. The first-order valence-corrected chi connectivity index (χ1v) is 11.0. The van der Waals surface area contributed by atoms with Crippen molar-refractivity contribution in [2.45, 2.75) is 45.2 Å². The quantitative estimate of drug-likeness (QED) is 0.534. The molecule has 4 rings (SSSR count). The largest absolute Gasteiger partial charge is 0.383 e. The number of nitrogen functional groups attached to an aromatic ring is 1. The molecule has 174 valence electrons. The summed E-state index contributed by atoms with van der Waals surface area (Å²) in [4.78, 5) is 24.0. The van der Waals surface area contributed by atoms with Gasteiger partial charge in [0.1, 0.15) is 5.82 Å². The molecular weight excluding hydrogens is 426 g/mol. The van der Waals surface area contributed by atoms with Gasteiger partial charge in [-0.3, -0.25) is 9.78 Å². The Balaban J connectivity index is 1.67. The first kappa shape index (κ1) is 23.0. The van der Waals surface area contributed by atoms with Crippen molar-refractivity contribution in [2.24, 2.45) is 5.92 Å². The lowest BCUT2D eigenvalue weighted by atomic mass is 10.0. The predicted octanol–water partition coefficient (Wildman–Crippen LogP) is 4.70. The molecule has 2 N–H and O–H groups in total. The smallest absolute Gasteiger partial charge is 0.272 e. The Labute approximate surface area is 191 Å². The lowest BCUT2D eigenvalue weighted by molar-refractivity contribution is 0.0169. The van der Waals surface area contributed by atoms with E-state index in [0.717, 1.165) is 36.2 Å². The van der Waals surface area contributed by atoms with Gasteiger partial charge in [-0.05, 0) is 67.6 Å². The number of carbonyl (C=O) groups is 1. The second-order valence-electron chi connectivity index (χ2n) is 8.82. The van der Waals surface area contributed by atoms with Gasteiger partial charge in [0, 0.05) is 36.7 Å². The summed E-state index contributed by atoms with van der Waals surface area (Å²) >= 11 is 0. The number of benzene rings is 1. The number of carbonyl (C=O) groups excluding carboxylic acids is 1. The Kier molecular flexibility index (Phi) is 6.30. The van der Waals surface area contributed by atoms with Crippen LogP contribution >= 0.6 is 0 Å². The number of ether oxygens (including phenoxy) is 1. The van der Waals surface area contributed by atoms with E-state index in [2.05, 4.69) is 9.97 Å². The van der Waals surface area contributed by atoms with Gasteiger partial charge in [0.2, 0.25) is 0 Å². The minimum Gasteiger partial charge on any atom is -0.383 e. The van der Waals surface area contributed by atoms with Gasteiger partial charge in [-0.1, -0.05) is 0 Å². The highest BCUT2D eigenvalue weighted by Crippen LogP contribution is 2.37. The van der Waals surface area contributed by atoms with Crippen LogP contribution in [0.1, 0.15) is 46.9 Å². The number of nitrogens with two attached hydrogens (primary N) is 1. The Bertz CT molecular complexity index is 1160. The number of fused-ring (bicyclic) bond motifs is 1. The average Bonchev–Trinajstić information content (AvgIpc) is 3.61. The second-order valence-corrected chi connectivity index (χ2v) is 8.82. The zero-order valence-electron chi connectivity index (χ0n) is 19.0. The van der Waals surface area contributed by atoms with Gasteiger partial charge in [-0.25, -0.2) is 13.8 Å². The Hall–Kier alpha value is -3.13. The first-order valence-electron chi connectivity index (χ1n) is 11.0. The zero-order chi connectivity index (χ0) is 23.8. The van der Waals surface area contributed by atoms with Crippen LogP contribution in [0.25, 0.3) is 10.9 Å². The van der Waals surface area contributed by atoms with Crippen LogP contribution in [0.15, 0.2) is 42.6 Å². The summed E-state index contributed by atoms with van der Waals surface area (Å²) < 4.78 is 32.6. The lowest BCUT2D eigenvalue weighted by Gasteiger charge is -2.32. The summed E-state index contributed by atoms with van der Waals surface area (Å²) in [5.41, 5.74) is 8.39. The fraction of sp³-hybridized carbons (Fsp3) is 0.400. The van der Waals surface area contributed by atoms with E-state index in [-0.39, 0.29) is 24.1 Å². The third-order valence-electron chi connectivity index (χ3n) is 6.12. The molecule has 0 saturated heterocycles. The van der Waals surface area contributed by atoms with Crippen molar-refractivity contribution in [1.82, 2.24) is 14.9 Å². The fourth-order valence-corrected chi connectivity index (χ4v) is 4.02. The molecule has 0 aliphatic heterocycles. The first-order chi connectivity index (χ1) is 15.7. The van der Waals surface area contributed by atoms with Gasteiger partial charge in [-0.2, -0.15) is 0 Å². The molecule has 1 aliphatic carbocycles. The number of halogens is 2. The molecule has 3 aromatic rings. The fourth-order valence-electron chi connectivity index (χ4n) is 4.02. The summed E-state index contributed by atoms with van der Waals surface area (Å²) in [5.74, 6) is -2.32. The molecule has 2 heterocycles. The maximum Gasteiger partial charge on any atom is 0.272 e. The van der Waals surface area contributed by atoms with Crippen molar-refractivity contribution in [3.63, 3.8) is 0 Å². The molecule has 0 bridgehead atoms. The molecule has 0 unspecified atom stereocenters. The number of pyridine rings is 2. The summed E-state index contributed by atoms with van der Waals surface area (Å²) in [6.07, 6.45) is 3.22. The van der Waals surface area contributed by atoms with E-state index < -0.39 is 5.92 Å². The summed E-state index contributed by atoms with van der Waals surface area (Å²) in [6.45, 7) is 3.31. The van der Waals surface area contributed by atoms with Crippen LogP contribution in [0.2, 0.25) is 0 Å². The van der Waals surface area contributed by atoms with Crippen LogP contribution in [0.5, 0.6) is 0 Å². The number of rotatable bonds is 8. The number of methoxy groups -OCH3 is 1. The highest BCUT2D eigenvalue weighted by atomic mass is 19.3. The van der Waals surface area contributed by atoms with E-state index in [4.69, 9.17) is 10.5 Å². The number of aromatic nitrogens is 2. The van der Waals surface area contributed by atoms with E-state index in [0.29, 0.717) is 29.6 Å². The minimum absolute atomic E-state index is 0.126. The summed E-state index contributed by atoms with van der Waals surface area (Å²) in [7, 11) is 1.61. The Morgan fingerprint density at radius 1 is 1.27 bits per heavy atom. The molecule has 2 aromatic heterocycles. The van der Waals surface area contributed by atoms with Gasteiger partial charge >= 0.3 is 0 Å². The molecule has 0 spiro atoms. The number of nitrogens with zero attached hydrogens (tertiary/aromatic N) is 3. The number of aryl methyl sites for hydroxylation is 1. The minimum atomic E-state index is -2.96. The molecule has 1 saturated carbocycles. The number of hydrogen-bond donors (Lipinski definition) is 1. The summed E-state index contributed by atoms with van der Waals surface area (Å²) in [6, 6.07) is 10.0. The highest BCUT2D eigenvalue weighted by Gasteiger charge is 2.38. The van der Waals surface area contributed by atoms with E-state index in [1.54, 1.807) is 30.2 Å². The average molecular weight is 455 g/mol. The van der Waals surface area contributed by atoms with Crippen LogP contribution < -0.4 is 5.73 Å². The third-order valence-corrected chi connectivity index (χ3v) is 6.12. The molecule has 1 aromatic carbocycles. The van der Waals surface area contributed by atoms with E-state index in [9.17, 15) is 13.6 Å². The van der Waals surface area contributed by atoms with Crippen molar-refractivity contribution >= 4 is 22.6 Å². The van der Waals surface area contributed by atoms with E-state index in [1.165, 1.54) is 12.3 Å². The monoisotopic (exact) mass is 454 g/mol. The Morgan fingerprint density at radius 2 is 2.03 bits per heavy atom. The van der Waals surface area contributed by atoms with E-state index >= 15 is 0 Å². The maximum absolute atomic E-state index is 13.7. The topological polar surface area (TPSA) is 81.3 Å². The summed E-state index contributed by atoms with van der Waals surface area (Å²) in [5, 5.41) is 0.829. The van der Waals surface area contributed by atoms with Gasteiger partial charge in [-0.15, -0.1) is 0 Å². The normalized spacial score (nSPS) is 14.9. The van der Waals surface area contributed by atoms with Crippen molar-refractivity contribution in [3.8, 4) is 0 Å². The third kappa shape index (κ3) is 5.11. The molecule has 1 aliphatic rings. The van der Waals surface area contributed by atoms with Crippen molar-refractivity contribution in [3.05, 3.63) is 65.0 Å². The second kappa shape index (κ2) is 9.02. The zero-order valence-corrected chi connectivity index (χ0v) is 19.0. The standard InChI is InChI=1S/C25H28F2N4O2/c1-15-10-18-11-17(6-9-21(18)30-23(15)28)24(32)31(22(14-33-3)16-4-5-16)13-20-8-7-19(12-29-20)25(2,26)27/h6-12,16,22H,4-5,13-14H2,1-3H3,(H2,28,30)/t22-/m0/s1. The molecule has 6 nitrogen and oxygen atoms in total. The lowest BCUT2D eigenvalue weighted by Crippen LogP contribution is -2.44. The van der Waals surface area contributed by atoms with Crippen molar-refractivity contribution < 1.29 is 18.3 Å². The molecule has 1 fully saturated rings. The SMILES string of the molecule is COC[C@@H](C1CC1)N(Cc1ccc(C(C)(F)F)cn1)C(=O)c1ccc2nc(N)c(C)cc2c1. The van der Waals surface area contributed by atoms with Gasteiger partial charge in [0.05, 0.1) is 30.4 Å². The van der Waals surface area contributed by atoms with Crippen LogP contribution in [-0.2, 0) is 17.2 Å². The predicted molar refractivity (Wildman–Crippen MR) is 123 cm³/mol.